The van der Waals surface area contributed by atoms with Gasteiger partial charge in [-0.1, -0.05) is 18.2 Å². The van der Waals surface area contributed by atoms with Gasteiger partial charge in [-0.15, -0.1) is 0 Å². The van der Waals surface area contributed by atoms with Crippen LogP contribution >= 0.6 is 0 Å². The van der Waals surface area contributed by atoms with Gasteiger partial charge < -0.3 is 10.1 Å². The summed E-state index contributed by atoms with van der Waals surface area (Å²) in [6.45, 7) is 7.82. The topological polar surface area (TPSA) is 58.6 Å². The highest BCUT2D eigenvalue weighted by molar-refractivity contribution is 6.46. The normalized spacial score (nSPS) is 13.8. The Labute approximate surface area is 192 Å². The fraction of sp³-hybridized carbons (Fsp3) is 0.185. The average Bonchev–Trinajstić information content (AvgIpc) is 3.01. The Morgan fingerprint density at radius 2 is 1.52 bits per heavy atom. The van der Waals surface area contributed by atoms with Gasteiger partial charge in [0.05, 0.1) is 17.4 Å². The van der Waals surface area contributed by atoms with Crippen LogP contribution in [0.4, 0.5) is 15.8 Å². The summed E-state index contributed by atoms with van der Waals surface area (Å²) in [5.41, 5.74) is 4.10. The fourth-order valence-electron chi connectivity index (χ4n) is 3.67. The maximum absolute atomic E-state index is 13.5. The minimum Gasteiger partial charge on any atom is -0.491 e. The Hall–Kier alpha value is -3.93. The molecule has 5 nitrogen and oxygen atoms in total. The van der Waals surface area contributed by atoms with Crippen molar-refractivity contribution in [2.24, 2.45) is 0 Å². The molecule has 0 radical (unpaired) electrons. The molecule has 0 aromatic heterocycles. The molecule has 1 N–H and O–H groups in total. The summed E-state index contributed by atoms with van der Waals surface area (Å²) in [7, 11) is 0. The van der Waals surface area contributed by atoms with E-state index in [-0.39, 0.29) is 17.4 Å². The van der Waals surface area contributed by atoms with Gasteiger partial charge >= 0.3 is 0 Å². The van der Waals surface area contributed by atoms with Gasteiger partial charge in [0.2, 0.25) is 0 Å². The number of imide groups is 1. The Bertz CT molecular complexity index is 1250. The summed E-state index contributed by atoms with van der Waals surface area (Å²) < 4.78 is 19.2. The smallest absolute Gasteiger partial charge is 0.282 e. The predicted molar refractivity (Wildman–Crippen MR) is 128 cm³/mol. The van der Waals surface area contributed by atoms with Gasteiger partial charge in [-0.3, -0.25) is 9.59 Å². The summed E-state index contributed by atoms with van der Waals surface area (Å²) in [6.07, 6.45) is 0.00594. The van der Waals surface area contributed by atoms with Gasteiger partial charge in [0, 0.05) is 5.69 Å². The van der Waals surface area contributed by atoms with E-state index in [2.05, 4.69) is 5.32 Å². The van der Waals surface area contributed by atoms with Crippen LogP contribution in [0.5, 0.6) is 5.75 Å². The molecule has 0 saturated carbocycles. The lowest BCUT2D eigenvalue weighted by atomic mass is 10.0. The van der Waals surface area contributed by atoms with E-state index < -0.39 is 17.6 Å². The van der Waals surface area contributed by atoms with Crippen molar-refractivity contribution in [2.75, 3.05) is 10.2 Å². The molecule has 0 atom stereocenters. The molecule has 0 unspecified atom stereocenters. The zero-order valence-electron chi connectivity index (χ0n) is 19.0. The molecule has 33 heavy (non-hydrogen) atoms. The highest BCUT2D eigenvalue weighted by atomic mass is 19.1. The molecule has 1 aliphatic heterocycles. The number of hydrogen-bond acceptors (Lipinski definition) is 4. The van der Waals surface area contributed by atoms with E-state index in [0.29, 0.717) is 22.7 Å². The Balaban J connectivity index is 1.75. The molecule has 4 rings (SSSR count). The van der Waals surface area contributed by atoms with Gasteiger partial charge in [0.25, 0.3) is 11.8 Å². The minimum atomic E-state index is -0.477. The Morgan fingerprint density at radius 1 is 0.848 bits per heavy atom. The number of hydrogen-bond donors (Lipinski definition) is 1. The van der Waals surface area contributed by atoms with Crippen molar-refractivity contribution in [1.82, 2.24) is 0 Å². The molecule has 0 saturated heterocycles. The minimum absolute atomic E-state index is 0.00594. The summed E-state index contributed by atoms with van der Waals surface area (Å²) in [6, 6.07) is 18.1. The Kier molecular flexibility index (Phi) is 6.01. The number of anilines is 2. The van der Waals surface area contributed by atoms with Gasteiger partial charge in [-0.05, 0) is 92.9 Å². The van der Waals surface area contributed by atoms with Crippen molar-refractivity contribution >= 4 is 28.8 Å². The van der Waals surface area contributed by atoms with E-state index in [0.717, 1.165) is 16.0 Å². The van der Waals surface area contributed by atoms with Crippen molar-refractivity contribution in [1.29, 1.82) is 0 Å². The third kappa shape index (κ3) is 4.51. The summed E-state index contributed by atoms with van der Waals surface area (Å²) in [5, 5.41) is 3.14. The molecule has 3 aromatic carbocycles. The van der Waals surface area contributed by atoms with Crippen LogP contribution in [0.1, 0.15) is 30.5 Å². The van der Waals surface area contributed by atoms with Crippen LogP contribution in [-0.4, -0.2) is 17.9 Å². The molecule has 0 bridgehead atoms. The second-order valence-corrected chi connectivity index (χ2v) is 8.29. The van der Waals surface area contributed by atoms with Crippen LogP contribution in [0, 0.1) is 19.7 Å². The third-order valence-corrected chi connectivity index (χ3v) is 5.46. The second kappa shape index (κ2) is 8.90. The fourth-order valence-corrected chi connectivity index (χ4v) is 3.67. The van der Waals surface area contributed by atoms with Crippen molar-refractivity contribution < 1.29 is 18.7 Å². The predicted octanol–water partition coefficient (Wildman–Crippen LogP) is 5.63. The van der Waals surface area contributed by atoms with E-state index in [4.69, 9.17) is 4.74 Å². The van der Waals surface area contributed by atoms with Crippen LogP contribution < -0.4 is 15.0 Å². The van der Waals surface area contributed by atoms with Crippen LogP contribution in [-0.2, 0) is 9.59 Å². The Morgan fingerprint density at radius 3 is 2.12 bits per heavy atom. The van der Waals surface area contributed by atoms with Crippen LogP contribution in [0.3, 0.4) is 0 Å². The van der Waals surface area contributed by atoms with E-state index in [1.165, 1.54) is 24.3 Å². The molecule has 0 fully saturated rings. The molecule has 1 heterocycles. The SMILES string of the molecule is Cc1ccc(NC2=C(c3ccc(F)cc3)C(=O)N(c3ccc(OC(C)C)cc3)C2=O)cc1C. The first-order valence-electron chi connectivity index (χ1n) is 10.7. The molecule has 6 heteroatoms. The van der Waals surface area contributed by atoms with Crippen LogP contribution in [0.2, 0.25) is 0 Å². The molecule has 0 spiro atoms. The largest absolute Gasteiger partial charge is 0.491 e. The number of aryl methyl sites for hydroxylation is 2. The lowest BCUT2D eigenvalue weighted by Crippen LogP contribution is -2.32. The molecule has 168 valence electrons. The lowest BCUT2D eigenvalue weighted by Gasteiger charge is -2.17. The quantitative estimate of drug-likeness (QED) is 0.501. The zero-order valence-corrected chi connectivity index (χ0v) is 19.0. The number of amides is 2. The number of nitrogens with one attached hydrogen (secondary N) is 1. The van der Waals surface area contributed by atoms with E-state index in [1.807, 2.05) is 45.9 Å². The maximum atomic E-state index is 13.5. The van der Waals surface area contributed by atoms with Gasteiger partial charge in [0.1, 0.15) is 17.3 Å². The number of carbonyl (C=O) groups is 2. The number of nitrogens with zero attached hydrogens (tertiary/aromatic N) is 1. The summed E-state index contributed by atoms with van der Waals surface area (Å²) in [4.78, 5) is 28.1. The average molecular weight is 445 g/mol. The van der Waals surface area contributed by atoms with Gasteiger partial charge in [-0.2, -0.15) is 0 Å². The zero-order chi connectivity index (χ0) is 23.7. The molecular formula is C27H25FN2O3. The second-order valence-electron chi connectivity index (χ2n) is 8.29. The molecule has 2 amide bonds. The number of benzene rings is 3. The van der Waals surface area contributed by atoms with Gasteiger partial charge in [0.15, 0.2) is 0 Å². The third-order valence-electron chi connectivity index (χ3n) is 5.46. The highest BCUT2D eigenvalue weighted by Crippen LogP contribution is 2.34. The van der Waals surface area contributed by atoms with E-state index >= 15 is 0 Å². The van der Waals surface area contributed by atoms with Crippen LogP contribution in [0.15, 0.2) is 72.4 Å². The maximum Gasteiger partial charge on any atom is 0.282 e. The van der Waals surface area contributed by atoms with Crippen molar-refractivity contribution in [3.05, 3.63) is 94.9 Å². The monoisotopic (exact) mass is 444 g/mol. The molecule has 0 aliphatic carbocycles. The first kappa shape index (κ1) is 22.3. The number of carbonyl (C=O) groups excluding carboxylic acids is 2. The van der Waals surface area contributed by atoms with Crippen molar-refractivity contribution in [3.8, 4) is 5.75 Å². The molecule has 1 aliphatic rings. The number of ether oxygens (including phenoxy) is 1. The van der Waals surface area contributed by atoms with Gasteiger partial charge in [-0.25, -0.2) is 9.29 Å². The van der Waals surface area contributed by atoms with Crippen molar-refractivity contribution in [2.45, 2.75) is 33.8 Å². The van der Waals surface area contributed by atoms with Crippen molar-refractivity contribution in [3.63, 3.8) is 0 Å². The summed E-state index contributed by atoms with van der Waals surface area (Å²) >= 11 is 0. The van der Waals surface area contributed by atoms with Crippen LogP contribution in [0.25, 0.3) is 5.57 Å². The number of halogens is 1. The number of rotatable bonds is 6. The molecular weight excluding hydrogens is 419 g/mol. The lowest BCUT2D eigenvalue weighted by molar-refractivity contribution is -0.120. The van der Waals surface area contributed by atoms with E-state index in [9.17, 15) is 14.0 Å². The standard InChI is InChI=1S/C27H25FN2O3/c1-16(2)33-23-13-11-22(12-14-23)30-26(31)24(19-6-8-20(28)9-7-19)25(27(30)32)29-21-10-5-17(3)18(4)15-21/h5-16,29H,1-4H3. The van der Waals surface area contributed by atoms with E-state index in [1.54, 1.807) is 24.3 Å². The first-order chi connectivity index (χ1) is 15.7. The highest BCUT2D eigenvalue weighted by Gasteiger charge is 2.40. The molecule has 3 aromatic rings. The first-order valence-corrected chi connectivity index (χ1v) is 10.7. The summed E-state index contributed by atoms with van der Waals surface area (Å²) in [5.74, 6) is -0.726.